The second-order valence-corrected chi connectivity index (χ2v) is 5.38. The van der Waals surface area contributed by atoms with Crippen molar-refractivity contribution in [3.63, 3.8) is 0 Å². The van der Waals surface area contributed by atoms with E-state index >= 15 is 0 Å². The van der Waals surface area contributed by atoms with Gasteiger partial charge in [0.2, 0.25) is 0 Å². The Balaban J connectivity index is 1.89. The van der Waals surface area contributed by atoms with Crippen LogP contribution in [0.25, 0.3) is 0 Å². The minimum atomic E-state index is -0.467. The molecule has 2 atom stereocenters. The summed E-state index contributed by atoms with van der Waals surface area (Å²) in [5.41, 5.74) is 0. The van der Waals surface area contributed by atoms with E-state index in [1.54, 1.807) is 6.92 Å². The highest BCUT2D eigenvalue weighted by Gasteiger charge is 2.27. The summed E-state index contributed by atoms with van der Waals surface area (Å²) in [7, 11) is 0. The van der Waals surface area contributed by atoms with E-state index in [0.717, 1.165) is 38.1 Å². The number of aliphatic hydroxyl groups is 1. The number of likely N-dealkylation sites (tertiary alicyclic amines) is 1. The van der Waals surface area contributed by atoms with E-state index < -0.39 is 6.10 Å². The van der Waals surface area contributed by atoms with Gasteiger partial charge in [-0.15, -0.1) is 0 Å². The summed E-state index contributed by atoms with van der Waals surface area (Å²) < 4.78 is 5.68. The number of rotatable bonds is 5. The summed E-state index contributed by atoms with van der Waals surface area (Å²) in [4.78, 5) is 14.3. The molecule has 0 radical (unpaired) electrons. The van der Waals surface area contributed by atoms with Crippen molar-refractivity contribution in [2.45, 2.75) is 32.3 Å². The number of amides is 1. The Morgan fingerprint density at radius 1 is 1.45 bits per heavy atom. The van der Waals surface area contributed by atoms with Crippen LogP contribution in [0.3, 0.4) is 0 Å². The first kappa shape index (κ1) is 14.9. The first-order valence-electron chi connectivity index (χ1n) is 7.32. The molecule has 110 valence electrons. The van der Waals surface area contributed by atoms with E-state index in [1.807, 2.05) is 35.2 Å². The molecule has 1 amide bonds. The van der Waals surface area contributed by atoms with Crippen LogP contribution >= 0.6 is 0 Å². The van der Waals surface area contributed by atoms with Crippen molar-refractivity contribution in [3.8, 4) is 5.75 Å². The number of ether oxygens (including phenoxy) is 1. The molecule has 1 aliphatic heterocycles. The zero-order chi connectivity index (χ0) is 14.4. The summed E-state index contributed by atoms with van der Waals surface area (Å²) in [5, 5.41) is 9.02. The molecule has 1 aromatic carbocycles. The quantitative estimate of drug-likeness (QED) is 0.896. The fraction of sp³-hybridized carbons (Fsp3) is 0.562. The van der Waals surface area contributed by atoms with Gasteiger partial charge in [-0.3, -0.25) is 4.79 Å². The number of piperidine rings is 1. The number of hydrogen-bond acceptors (Lipinski definition) is 3. The van der Waals surface area contributed by atoms with E-state index in [4.69, 9.17) is 9.84 Å². The molecule has 0 bridgehead atoms. The van der Waals surface area contributed by atoms with Crippen LogP contribution in [0.2, 0.25) is 0 Å². The Hall–Kier alpha value is -1.55. The molecule has 4 nitrogen and oxygen atoms in total. The number of carbonyl (C=O) groups excluding carboxylic acids is 1. The van der Waals surface area contributed by atoms with E-state index in [2.05, 4.69) is 0 Å². The molecule has 0 spiro atoms. The molecule has 1 saturated heterocycles. The Labute approximate surface area is 120 Å². The molecule has 1 aliphatic rings. The molecule has 2 unspecified atom stereocenters. The van der Waals surface area contributed by atoms with E-state index in [-0.39, 0.29) is 12.5 Å². The normalized spacial score (nSPS) is 20.5. The van der Waals surface area contributed by atoms with Gasteiger partial charge in [0.15, 0.2) is 6.10 Å². The molecular weight excluding hydrogens is 254 g/mol. The number of benzene rings is 1. The van der Waals surface area contributed by atoms with Crippen LogP contribution in [-0.4, -0.2) is 41.7 Å². The average Bonchev–Trinajstić information content (AvgIpc) is 2.48. The summed E-state index contributed by atoms with van der Waals surface area (Å²) in [6.45, 7) is 3.53. The summed E-state index contributed by atoms with van der Waals surface area (Å²) in [6, 6.07) is 9.42. The average molecular weight is 277 g/mol. The molecule has 20 heavy (non-hydrogen) atoms. The number of nitrogens with zero attached hydrogens (tertiary/aromatic N) is 1. The zero-order valence-corrected chi connectivity index (χ0v) is 12.0. The highest BCUT2D eigenvalue weighted by molar-refractivity contribution is 5.81. The van der Waals surface area contributed by atoms with Gasteiger partial charge in [-0.25, -0.2) is 0 Å². The lowest BCUT2D eigenvalue weighted by atomic mass is 9.95. The van der Waals surface area contributed by atoms with Gasteiger partial charge in [-0.2, -0.15) is 0 Å². The highest BCUT2D eigenvalue weighted by atomic mass is 16.5. The standard InChI is InChI=1S/C16H23NO3/c1-13(20-15-7-3-2-4-8-15)16(19)17-10-5-6-14(12-17)9-11-18/h2-4,7-8,13-14,18H,5-6,9-12H2,1H3. The highest BCUT2D eigenvalue weighted by Crippen LogP contribution is 2.21. The van der Waals surface area contributed by atoms with Crippen LogP contribution in [-0.2, 0) is 4.79 Å². The summed E-state index contributed by atoms with van der Waals surface area (Å²) in [5.74, 6) is 1.18. The van der Waals surface area contributed by atoms with Gasteiger partial charge in [-0.1, -0.05) is 18.2 Å². The van der Waals surface area contributed by atoms with Crippen molar-refractivity contribution in [1.82, 2.24) is 4.90 Å². The third kappa shape index (κ3) is 3.97. The van der Waals surface area contributed by atoms with Crippen molar-refractivity contribution in [2.24, 2.45) is 5.92 Å². The SMILES string of the molecule is CC(Oc1ccccc1)C(=O)N1CCCC(CCO)C1. The van der Waals surface area contributed by atoms with E-state index in [1.165, 1.54) is 0 Å². The van der Waals surface area contributed by atoms with Crippen molar-refractivity contribution < 1.29 is 14.6 Å². The maximum Gasteiger partial charge on any atom is 0.263 e. The van der Waals surface area contributed by atoms with Crippen molar-refractivity contribution in [3.05, 3.63) is 30.3 Å². The monoisotopic (exact) mass is 277 g/mol. The Morgan fingerprint density at radius 3 is 2.90 bits per heavy atom. The van der Waals surface area contributed by atoms with Gasteiger partial charge in [-0.05, 0) is 44.2 Å². The Morgan fingerprint density at radius 2 is 2.20 bits per heavy atom. The maximum atomic E-state index is 12.4. The van der Waals surface area contributed by atoms with Gasteiger partial charge in [0.05, 0.1) is 0 Å². The van der Waals surface area contributed by atoms with Gasteiger partial charge < -0.3 is 14.7 Å². The van der Waals surface area contributed by atoms with Crippen molar-refractivity contribution >= 4 is 5.91 Å². The van der Waals surface area contributed by atoms with E-state index in [0.29, 0.717) is 5.92 Å². The predicted molar refractivity (Wildman–Crippen MR) is 77.5 cm³/mol. The molecule has 0 aliphatic carbocycles. The van der Waals surface area contributed by atoms with Crippen LogP contribution in [0.1, 0.15) is 26.2 Å². The topological polar surface area (TPSA) is 49.8 Å². The first-order chi connectivity index (χ1) is 9.70. The minimum absolute atomic E-state index is 0.0384. The van der Waals surface area contributed by atoms with Crippen LogP contribution in [0.5, 0.6) is 5.75 Å². The van der Waals surface area contributed by atoms with Gasteiger partial charge in [0.25, 0.3) is 5.91 Å². The van der Waals surface area contributed by atoms with Crippen LogP contribution < -0.4 is 4.74 Å². The van der Waals surface area contributed by atoms with Crippen LogP contribution in [0.15, 0.2) is 30.3 Å². The number of aliphatic hydroxyl groups excluding tert-OH is 1. The van der Waals surface area contributed by atoms with Gasteiger partial charge in [0, 0.05) is 19.7 Å². The lowest BCUT2D eigenvalue weighted by molar-refractivity contribution is -0.139. The molecule has 1 fully saturated rings. The lowest BCUT2D eigenvalue weighted by Crippen LogP contribution is -2.45. The number of para-hydroxylation sites is 1. The number of hydrogen-bond donors (Lipinski definition) is 1. The largest absolute Gasteiger partial charge is 0.481 e. The molecule has 0 saturated carbocycles. The fourth-order valence-corrected chi connectivity index (χ4v) is 2.69. The maximum absolute atomic E-state index is 12.4. The smallest absolute Gasteiger partial charge is 0.263 e. The zero-order valence-electron chi connectivity index (χ0n) is 12.0. The Kier molecular flexibility index (Phi) is 5.41. The van der Waals surface area contributed by atoms with Crippen molar-refractivity contribution in [2.75, 3.05) is 19.7 Å². The summed E-state index contributed by atoms with van der Waals surface area (Å²) >= 11 is 0. The second kappa shape index (κ2) is 7.29. The molecular formula is C16H23NO3. The fourth-order valence-electron chi connectivity index (χ4n) is 2.69. The second-order valence-electron chi connectivity index (χ2n) is 5.38. The summed E-state index contributed by atoms with van der Waals surface area (Å²) in [6.07, 6.45) is 2.41. The molecule has 1 heterocycles. The third-order valence-corrected chi connectivity index (χ3v) is 3.77. The molecule has 0 aromatic heterocycles. The van der Waals surface area contributed by atoms with Crippen LogP contribution in [0.4, 0.5) is 0 Å². The lowest BCUT2D eigenvalue weighted by Gasteiger charge is -2.34. The molecule has 2 rings (SSSR count). The van der Waals surface area contributed by atoms with Gasteiger partial charge in [0.1, 0.15) is 5.75 Å². The van der Waals surface area contributed by atoms with Crippen LogP contribution in [0, 0.1) is 5.92 Å². The van der Waals surface area contributed by atoms with Crippen molar-refractivity contribution in [1.29, 1.82) is 0 Å². The Bertz CT molecular complexity index is 419. The molecule has 1 aromatic rings. The third-order valence-electron chi connectivity index (χ3n) is 3.77. The first-order valence-corrected chi connectivity index (χ1v) is 7.32. The van der Waals surface area contributed by atoms with E-state index in [9.17, 15) is 4.79 Å². The minimum Gasteiger partial charge on any atom is -0.481 e. The van der Waals surface area contributed by atoms with Gasteiger partial charge >= 0.3 is 0 Å². The number of carbonyl (C=O) groups is 1. The molecule has 4 heteroatoms. The predicted octanol–water partition coefficient (Wildman–Crippen LogP) is 2.07. The molecule has 1 N–H and O–H groups in total.